The average molecular weight is 348 g/mol. The van der Waals surface area contributed by atoms with Crippen molar-refractivity contribution in [3.63, 3.8) is 0 Å². The number of aliphatic hydroxyl groups is 1. The highest BCUT2D eigenvalue weighted by molar-refractivity contribution is 6.42. The first-order valence-corrected chi connectivity index (χ1v) is 8.44. The number of ketones is 1. The van der Waals surface area contributed by atoms with E-state index in [-0.39, 0.29) is 11.9 Å². The Labute approximate surface area is 144 Å². The van der Waals surface area contributed by atoms with Gasteiger partial charge in [-0.15, -0.1) is 0 Å². The zero-order valence-corrected chi connectivity index (χ0v) is 15.4. The fourth-order valence-corrected chi connectivity index (χ4v) is 2.25. The number of benzene rings is 1. The van der Waals surface area contributed by atoms with Crippen LogP contribution < -0.4 is 0 Å². The number of likely N-dealkylation sites (tertiary alicyclic amines) is 1. The zero-order valence-electron chi connectivity index (χ0n) is 13.9. The summed E-state index contributed by atoms with van der Waals surface area (Å²) >= 11 is 11.5. The van der Waals surface area contributed by atoms with Gasteiger partial charge in [0, 0.05) is 19.5 Å². The van der Waals surface area contributed by atoms with E-state index in [1.807, 2.05) is 13.8 Å². The van der Waals surface area contributed by atoms with Gasteiger partial charge in [-0.3, -0.25) is 4.79 Å². The van der Waals surface area contributed by atoms with E-state index in [1.165, 1.54) is 0 Å². The molecule has 0 saturated carbocycles. The summed E-state index contributed by atoms with van der Waals surface area (Å²) in [5.41, 5.74) is 0.900. The van der Waals surface area contributed by atoms with Crippen LogP contribution in [0.5, 0.6) is 0 Å². The van der Waals surface area contributed by atoms with E-state index in [1.54, 1.807) is 25.1 Å². The van der Waals surface area contributed by atoms with Crippen LogP contribution in [0.25, 0.3) is 0 Å². The summed E-state index contributed by atoms with van der Waals surface area (Å²) in [5, 5.41) is 10.0. The molecule has 1 aliphatic heterocycles. The second kappa shape index (κ2) is 11.9. The Morgan fingerprint density at radius 3 is 2.18 bits per heavy atom. The lowest BCUT2D eigenvalue weighted by atomic mass is 10.1. The molecule has 1 fully saturated rings. The molecule has 3 nitrogen and oxygen atoms in total. The Morgan fingerprint density at radius 1 is 1.23 bits per heavy atom. The van der Waals surface area contributed by atoms with Gasteiger partial charge >= 0.3 is 0 Å². The summed E-state index contributed by atoms with van der Waals surface area (Å²) in [5.74, 6) is 0.119. The minimum Gasteiger partial charge on any atom is -0.393 e. The molecule has 1 aromatic carbocycles. The largest absolute Gasteiger partial charge is 0.393 e. The third kappa shape index (κ3) is 9.42. The highest BCUT2D eigenvalue weighted by atomic mass is 35.5. The molecule has 126 valence electrons. The summed E-state index contributed by atoms with van der Waals surface area (Å²) < 4.78 is 0. The topological polar surface area (TPSA) is 40.5 Å². The van der Waals surface area contributed by atoms with E-state index >= 15 is 0 Å². The van der Waals surface area contributed by atoms with Crippen LogP contribution in [-0.4, -0.2) is 42.0 Å². The number of hydrogen-bond donors (Lipinski definition) is 1. The number of Topliss-reactive ketones (excluding diaryl/α,β-unsaturated/α-hetero) is 1. The van der Waals surface area contributed by atoms with Crippen molar-refractivity contribution in [2.24, 2.45) is 0 Å². The van der Waals surface area contributed by atoms with Gasteiger partial charge in [0.25, 0.3) is 0 Å². The number of carbonyl (C=O) groups excluding carboxylic acids is 1. The Hall–Kier alpha value is -0.610. The van der Waals surface area contributed by atoms with Crippen LogP contribution in [-0.2, 0) is 11.2 Å². The summed E-state index contributed by atoms with van der Waals surface area (Å²) in [6.07, 6.45) is 2.30. The van der Waals surface area contributed by atoms with Crippen molar-refractivity contribution in [2.75, 3.05) is 20.1 Å². The van der Waals surface area contributed by atoms with E-state index in [2.05, 4.69) is 11.9 Å². The summed E-state index contributed by atoms with van der Waals surface area (Å²) in [7, 11) is 2.09. The second-order valence-corrected chi connectivity index (χ2v) is 5.98. The number of aliphatic hydroxyl groups excluding tert-OH is 1. The lowest BCUT2D eigenvalue weighted by Crippen LogP contribution is -2.32. The van der Waals surface area contributed by atoms with Crippen LogP contribution in [0.4, 0.5) is 0 Å². The Balaban J connectivity index is 0.000000382. The smallest absolute Gasteiger partial charge is 0.134 e. The van der Waals surface area contributed by atoms with Crippen molar-refractivity contribution in [2.45, 2.75) is 46.1 Å². The molecule has 1 heterocycles. The molecule has 0 aromatic heterocycles. The van der Waals surface area contributed by atoms with E-state index in [0.717, 1.165) is 31.5 Å². The van der Waals surface area contributed by atoms with Gasteiger partial charge in [0.15, 0.2) is 0 Å². The molecular formula is C17H27Cl2NO2. The maximum Gasteiger partial charge on any atom is 0.134 e. The molecule has 0 radical (unpaired) electrons. The lowest BCUT2D eigenvalue weighted by Gasteiger charge is -2.25. The minimum absolute atomic E-state index is 0.0220. The molecule has 0 amide bonds. The van der Waals surface area contributed by atoms with Crippen LogP contribution in [0.2, 0.25) is 10.0 Å². The maximum absolute atomic E-state index is 10.7. The van der Waals surface area contributed by atoms with Crippen molar-refractivity contribution < 1.29 is 9.90 Å². The quantitative estimate of drug-likeness (QED) is 0.870. The Bertz CT molecular complexity index is 434. The molecule has 0 bridgehead atoms. The van der Waals surface area contributed by atoms with Crippen molar-refractivity contribution >= 4 is 29.0 Å². The van der Waals surface area contributed by atoms with Gasteiger partial charge in [0.2, 0.25) is 0 Å². The normalized spacial score (nSPS) is 15.2. The van der Waals surface area contributed by atoms with Crippen molar-refractivity contribution in [1.29, 1.82) is 0 Å². The van der Waals surface area contributed by atoms with Crippen molar-refractivity contribution in [3.8, 4) is 0 Å². The van der Waals surface area contributed by atoms with E-state index in [0.29, 0.717) is 16.5 Å². The molecule has 22 heavy (non-hydrogen) atoms. The highest BCUT2D eigenvalue weighted by Gasteiger charge is 2.12. The molecule has 1 aliphatic rings. The zero-order chi connectivity index (χ0) is 17.1. The highest BCUT2D eigenvalue weighted by Crippen LogP contribution is 2.22. The van der Waals surface area contributed by atoms with Gasteiger partial charge in [-0.2, -0.15) is 0 Å². The van der Waals surface area contributed by atoms with E-state index in [4.69, 9.17) is 28.3 Å². The van der Waals surface area contributed by atoms with E-state index < -0.39 is 0 Å². The number of halogens is 2. The minimum atomic E-state index is -0.0220. The molecule has 5 heteroatoms. The Kier molecular flexibility index (Phi) is 11.6. The number of piperidine rings is 1. The molecule has 0 aliphatic carbocycles. The number of nitrogens with zero attached hydrogens (tertiary/aromatic N) is 1. The van der Waals surface area contributed by atoms with Crippen LogP contribution >= 0.6 is 23.2 Å². The molecule has 0 spiro atoms. The molecule has 1 aromatic rings. The standard InChI is InChI=1S/C9H8Cl2O.C6H13NO.C2H6/c1-6(12)4-7-2-3-8(10)9(11)5-7;1-7-4-2-6(8)3-5-7;1-2/h2-3,5H,4H2,1H3;6,8H,2-5H2,1H3;1-2H3. The third-order valence-electron chi connectivity index (χ3n) is 3.13. The first kappa shape index (κ1) is 21.4. The number of rotatable bonds is 2. The van der Waals surface area contributed by atoms with Gasteiger partial charge in [-0.1, -0.05) is 43.1 Å². The van der Waals surface area contributed by atoms with Gasteiger partial charge in [-0.05, 0) is 44.5 Å². The first-order chi connectivity index (χ1) is 10.4. The SMILES string of the molecule is CC.CC(=O)Cc1ccc(Cl)c(Cl)c1.CN1CCC(O)CC1. The van der Waals surface area contributed by atoms with Gasteiger partial charge in [0.1, 0.15) is 5.78 Å². The van der Waals surface area contributed by atoms with Crippen LogP contribution in [0.1, 0.15) is 39.2 Å². The van der Waals surface area contributed by atoms with Crippen LogP contribution in [0, 0.1) is 0 Å². The van der Waals surface area contributed by atoms with Crippen molar-refractivity contribution in [3.05, 3.63) is 33.8 Å². The maximum atomic E-state index is 10.7. The molecule has 0 atom stereocenters. The lowest BCUT2D eigenvalue weighted by molar-refractivity contribution is -0.116. The predicted molar refractivity (Wildman–Crippen MR) is 94.9 cm³/mol. The van der Waals surface area contributed by atoms with Crippen molar-refractivity contribution in [1.82, 2.24) is 4.90 Å². The molecule has 1 N–H and O–H groups in total. The average Bonchev–Trinajstić information content (AvgIpc) is 2.48. The second-order valence-electron chi connectivity index (χ2n) is 5.16. The number of carbonyl (C=O) groups is 1. The van der Waals surface area contributed by atoms with Gasteiger partial charge < -0.3 is 10.0 Å². The molecular weight excluding hydrogens is 321 g/mol. The first-order valence-electron chi connectivity index (χ1n) is 7.68. The fourth-order valence-electron chi connectivity index (χ4n) is 1.93. The van der Waals surface area contributed by atoms with Gasteiger partial charge in [-0.25, -0.2) is 0 Å². The summed E-state index contributed by atoms with van der Waals surface area (Å²) in [4.78, 5) is 13.0. The summed E-state index contributed by atoms with van der Waals surface area (Å²) in [6, 6.07) is 5.21. The third-order valence-corrected chi connectivity index (χ3v) is 3.86. The molecule has 2 rings (SSSR count). The predicted octanol–water partition coefficient (Wildman–Crippen LogP) is 4.22. The number of hydrogen-bond acceptors (Lipinski definition) is 3. The fraction of sp³-hybridized carbons (Fsp3) is 0.588. The monoisotopic (exact) mass is 347 g/mol. The molecule has 1 saturated heterocycles. The molecule has 0 unspecified atom stereocenters. The van der Waals surface area contributed by atoms with Gasteiger partial charge in [0.05, 0.1) is 16.1 Å². The van der Waals surface area contributed by atoms with Crippen LogP contribution in [0.3, 0.4) is 0 Å². The van der Waals surface area contributed by atoms with Crippen LogP contribution in [0.15, 0.2) is 18.2 Å². The summed E-state index contributed by atoms with van der Waals surface area (Å²) in [6.45, 7) is 7.66. The Morgan fingerprint density at radius 2 is 1.77 bits per heavy atom. The van der Waals surface area contributed by atoms with E-state index in [9.17, 15) is 4.79 Å².